The lowest BCUT2D eigenvalue weighted by molar-refractivity contribution is -0.116. The minimum absolute atomic E-state index is 0.0628. The van der Waals surface area contributed by atoms with Crippen molar-refractivity contribution in [1.29, 1.82) is 0 Å². The molecule has 0 atom stereocenters. The summed E-state index contributed by atoms with van der Waals surface area (Å²) in [5.74, 6) is 0.232. The van der Waals surface area contributed by atoms with Crippen LogP contribution in [-0.2, 0) is 16.1 Å². The third-order valence-electron chi connectivity index (χ3n) is 3.43. The number of hydrogen-bond donors (Lipinski definition) is 1. The second-order valence-corrected chi connectivity index (χ2v) is 7.52. The van der Waals surface area contributed by atoms with E-state index in [4.69, 9.17) is 4.74 Å². The first-order valence-corrected chi connectivity index (χ1v) is 9.35. The van der Waals surface area contributed by atoms with E-state index < -0.39 is 5.97 Å². The largest absolute Gasteiger partial charge is 0.465 e. The maximum atomic E-state index is 12.3. The smallest absolute Gasteiger partial charge is 0.340 e. The highest BCUT2D eigenvalue weighted by molar-refractivity contribution is 8.01. The van der Waals surface area contributed by atoms with Gasteiger partial charge in [-0.2, -0.15) is 0 Å². The molecule has 3 aromatic rings. The molecule has 2 heterocycles. The number of benzene rings is 1. The molecule has 1 N–H and O–H groups in total. The quantitative estimate of drug-likeness (QED) is 0.404. The summed E-state index contributed by atoms with van der Waals surface area (Å²) in [7, 11) is 1.34. The zero-order valence-electron chi connectivity index (χ0n) is 13.7. The standard InChI is InChI=1S/C16H16N4O3S2/c1-3-24-16-19-18-15(25-16)17-13(21)9-20-8-11(14(22)23-2)10-6-4-5-7-12(10)20/h4-8H,3,9H2,1-2H3,(H,17,18,21). The van der Waals surface area contributed by atoms with Crippen LogP contribution in [0.4, 0.5) is 5.13 Å². The maximum absolute atomic E-state index is 12.3. The van der Waals surface area contributed by atoms with Crippen molar-refractivity contribution in [3.8, 4) is 0 Å². The highest BCUT2D eigenvalue weighted by Gasteiger charge is 2.17. The summed E-state index contributed by atoms with van der Waals surface area (Å²) in [5.41, 5.74) is 1.22. The number of hydrogen-bond acceptors (Lipinski definition) is 7. The molecular weight excluding hydrogens is 360 g/mol. The van der Waals surface area contributed by atoms with Gasteiger partial charge < -0.3 is 9.30 Å². The zero-order valence-corrected chi connectivity index (χ0v) is 15.3. The number of methoxy groups -OCH3 is 1. The number of carbonyl (C=O) groups excluding carboxylic acids is 2. The second-order valence-electron chi connectivity index (χ2n) is 5.03. The lowest BCUT2D eigenvalue weighted by Gasteiger charge is -2.04. The Morgan fingerprint density at radius 3 is 2.88 bits per heavy atom. The molecule has 0 radical (unpaired) electrons. The molecule has 7 nitrogen and oxygen atoms in total. The number of esters is 1. The van der Waals surface area contributed by atoms with Gasteiger partial charge in [0.15, 0.2) is 4.34 Å². The van der Waals surface area contributed by atoms with Crippen LogP contribution < -0.4 is 5.32 Å². The van der Waals surface area contributed by atoms with Crippen LogP contribution in [0.25, 0.3) is 10.9 Å². The predicted octanol–water partition coefficient (Wildman–Crippen LogP) is 3.03. The first-order valence-electron chi connectivity index (χ1n) is 7.54. The molecule has 0 fully saturated rings. The number of rotatable bonds is 6. The highest BCUT2D eigenvalue weighted by Crippen LogP contribution is 2.25. The number of aromatic nitrogens is 3. The lowest BCUT2D eigenvalue weighted by atomic mass is 10.2. The van der Waals surface area contributed by atoms with E-state index in [1.54, 1.807) is 22.5 Å². The molecule has 0 saturated carbocycles. The van der Waals surface area contributed by atoms with E-state index in [2.05, 4.69) is 15.5 Å². The van der Waals surface area contributed by atoms with Crippen molar-refractivity contribution < 1.29 is 14.3 Å². The summed E-state index contributed by atoms with van der Waals surface area (Å²) in [4.78, 5) is 24.3. The third kappa shape index (κ3) is 3.83. The van der Waals surface area contributed by atoms with Crippen molar-refractivity contribution in [2.45, 2.75) is 17.8 Å². The molecule has 0 saturated heterocycles. The Kier molecular flexibility index (Phi) is 5.34. The van der Waals surface area contributed by atoms with Crippen molar-refractivity contribution in [2.24, 2.45) is 0 Å². The Morgan fingerprint density at radius 2 is 2.12 bits per heavy atom. The molecule has 0 spiro atoms. The minimum Gasteiger partial charge on any atom is -0.465 e. The van der Waals surface area contributed by atoms with E-state index >= 15 is 0 Å². The van der Waals surface area contributed by atoms with Gasteiger partial charge in [0.25, 0.3) is 0 Å². The number of nitrogens with zero attached hydrogens (tertiary/aromatic N) is 3. The van der Waals surface area contributed by atoms with Crippen molar-refractivity contribution in [2.75, 3.05) is 18.2 Å². The van der Waals surface area contributed by atoms with Gasteiger partial charge in [0.2, 0.25) is 11.0 Å². The molecule has 0 unspecified atom stereocenters. The van der Waals surface area contributed by atoms with E-state index in [1.807, 2.05) is 31.2 Å². The fourth-order valence-corrected chi connectivity index (χ4v) is 4.07. The molecular formula is C16H16N4O3S2. The van der Waals surface area contributed by atoms with Gasteiger partial charge in [0.1, 0.15) is 6.54 Å². The number of amides is 1. The van der Waals surface area contributed by atoms with Crippen LogP contribution in [0.15, 0.2) is 34.8 Å². The predicted molar refractivity (Wildman–Crippen MR) is 98.2 cm³/mol. The fourth-order valence-electron chi connectivity index (χ4n) is 2.41. The van der Waals surface area contributed by atoms with E-state index in [9.17, 15) is 9.59 Å². The maximum Gasteiger partial charge on any atom is 0.340 e. The van der Waals surface area contributed by atoms with Gasteiger partial charge in [-0.3, -0.25) is 10.1 Å². The third-order valence-corrected chi connectivity index (χ3v) is 5.28. The summed E-state index contributed by atoms with van der Waals surface area (Å²) in [6.07, 6.45) is 1.63. The fraction of sp³-hybridized carbons (Fsp3) is 0.250. The Labute approximate surface area is 152 Å². The second kappa shape index (κ2) is 7.66. The molecule has 2 aromatic heterocycles. The van der Waals surface area contributed by atoms with Crippen LogP contribution in [0.1, 0.15) is 17.3 Å². The van der Waals surface area contributed by atoms with E-state index in [0.29, 0.717) is 10.7 Å². The van der Waals surface area contributed by atoms with Gasteiger partial charge in [-0.05, 0) is 11.8 Å². The van der Waals surface area contributed by atoms with Crippen molar-refractivity contribution in [3.63, 3.8) is 0 Å². The van der Waals surface area contributed by atoms with Gasteiger partial charge in [0, 0.05) is 17.1 Å². The molecule has 25 heavy (non-hydrogen) atoms. The number of anilines is 1. The van der Waals surface area contributed by atoms with Gasteiger partial charge in [0.05, 0.1) is 12.7 Å². The lowest BCUT2D eigenvalue weighted by Crippen LogP contribution is -2.18. The van der Waals surface area contributed by atoms with E-state index in [-0.39, 0.29) is 12.5 Å². The molecule has 0 bridgehead atoms. The van der Waals surface area contributed by atoms with Crippen molar-refractivity contribution >= 4 is 51.0 Å². The van der Waals surface area contributed by atoms with E-state index in [0.717, 1.165) is 21.0 Å². The van der Waals surface area contributed by atoms with Gasteiger partial charge in [-0.25, -0.2) is 4.79 Å². The van der Waals surface area contributed by atoms with Gasteiger partial charge in [-0.1, -0.05) is 48.2 Å². The Balaban J connectivity index is 1.80. The summed E-state index contributed by atoms with van der Waals surface area (Å²) in [6.45, 7) is 2.09. The summed E-state index contributed by atoms with van der Waals surface area (Å²) >= 11 is 2.91. The van der Waals surface area contributed by atoms with Crippen LogP contribution in [-0.4, -0.2) is 39.5 Å². The van der Waals surface area contributed by atoms with Crippen LogP contribution in [0, 0.1) is 0 Å². The van der Waals surface area contributed by atoms with Crippen LogP contribution >= 0.6 is 23.1 Å². The minimum atomic E-state index is -0.430. The van der Waals surface area contributed by atoms with Crippen molar-refractivity contribution in [1.82, 2.24) is 14.8 Å². The average Bonchev–Trinajstić information content (AvgIpc) is 3.20. The number of fused-ring (bicyclic) bond motifs is 1. The number of ether oxygens (including phenoxy) is 1. The monoisotopic (exact) mass is 376 g/mol. The molecule has 9 heteroatoms. The Morgan fingerprint density at radius 1 is 1.32 bits per heavy atom. The van der Waals surface area contributed by atoms with Gasteiger partial charge >= 0.3 is 5.97 Å². The number of nitrogens with one attached hydrogen (secondary N) is 1. The summed E-state index contributed by atoms with van der Waals surface area (Å²) < 4.78 is 7.35. The molecule has 0 aliphatic rings. The van der Waals surface area contributed by atoms with Crippen LogP contribution in [0.2, 0.25) is 0 Å². The number of carbonyl (C=O) groups is 2. The van der Waals surface area contributed by atoms with E-state index in [1.165, 1.54) is 18.4 Å². The number of thioether (sulfide) groups is 1. The zero-order chi connectivity index (χ0) is 17.8. The molecule has 3 rings (SSSR count). The first-order chi connectivity index (χ1) is 12.1. The molecule has 130 valence electrons. The topological polar surface area (TPSA) is 86.1 Å². The molecule has 0 aliphatic carbocycles. The van der Waals surface area contributed by atoms with Crippen LogP contribution in [0.5, 0.6) is 0 Å². The highest BCUT2D eigenvalue weighted by atomic mass is 32.2. The average molecular weight is 376 g/mol. The first kappa shape index (κ1) is 17.4. The Hall–Kier alpha value is -2.39. The number of para-hydroxylation sites is 1. The Bertz CT molecular complexity index is 919. The molecule has 1 aromatic carbocycles. The summed E-state index contributed by atoms with van der Waals surface area (Å²) in [6, 6.07) is 7.38. The van der Waals surface area contributed by atoms with Crippen molar-refractivity contribution in [3.05, 3.63) is 36.0 Å². The van der Waals surface area contributed by atoms with Crippen LogP contribution in [0.3, 0.4) is 0 Å². The molecule has 1 amide bonds. The normalized spacial score (nSPS) is 10.8. The summed E-state index contributed by atoms with van der Waals surface area (Å²) in [5, 5.41) is 11.9. The molecule has 0 aliphatic heterocycles. The SMILES string of the molecule is CCSc1nnc(NC(=O)Cn2cc(C(=O)OC)c3ccccc32)s1. The van der Waals surface area contributed by atoms with Gasteiger partial charge in [-0.15, -0.1) is 10.2 Å².